The van der Waals surface area contributed by atoms with E-state index in [2.05, 4.69) is 31.3 Å². The Kier molecular flexibility index (Phi) is 3.48. The Balaban J connectivity index is 1.72. The standard InChI is InChI=1S/C15H23NOS/c1-11-5-7-15(8-6-11)10-16-9-13(17-15)14-4-3-12(2)18-14/h3-4,11,13,16H,5-10H2,1-2H3. The molecule has 3 heteroatoms. The van der Waals surface area contributed by atoms with Crippen molar-refractivity contribution in [3.05, 3.63) is 21.9 Å². The number of thiophene rings is 1. The van der Waals surface area contributed by atoms with E-state index in [0.717, 1.165) is 19.0 Å². The molecule has 1 unspecified atom stereocenters. The third kappa shape index (κ3) is 2.49. The molecule has 100 valence electrons. The van der Waals surface area contributed by atoms with Crippen LogP contribution in [0.2, 0.25) is 0 Å². The number of ether oxygens (including phenoxy) is 1. The van der Waals surface area contributed by atoms with Gasteiger partial charge in [0.05, 0.1) is 5.60 Å². The molecule has 1 atom stereocenters. The van der Waals surface area contributed by atoms with Crippen LogP contribution in [0.15, 0.2) is 12.1 Å². The molecule has 0 bridgehead atoms. The molecule has 0 aromatic carbocycles. The number of hydrogen-bond acceptors (Lipinski definition) is 3. The van der Waals surface area contributed by atoms with E-state index < -0.39 is 0 Å². The third-order valence-electron chi connectivity index (χ3n) is 4.43. The SMILES string of the molecule is Cc1ccc(C2CNCC3(CCC(C)CC3)O2)s1. The number of morpholine rings is 1. The van der Waals surface area contributed by atoms with Crippen molar-refractivity contribution < 1.29 is 4.74 Å². The summed E-state index contributed by atoms with van der Waals surface area (Å²) in [7, 11) is 0. The Morgan fingerprint density at radius 2 is 2.11 bits per heavy atom. The van der Waals surface area contributed by atoms with Gasteiger partial charge in [-0.25, -0.2) is 0 Å². The smallest absolute Gasteiger partial charge is 0.105 e. The molecule has 0 radical (unpaired) electrons. The van der Waals surface area contributed by atoms with Gasteiger partial charge in [0.15, 0.2) is 0 Å². The average Bonchev–Trinajstić information content (AvgIpc) is 2.81. The first-order chi connectivity index (χ1) is 8.67. The molecule has 0 amide bonds. The highest BCUT2D eigenvalue weighted by molar-refractivity contribution is 7.12. The summed E-state index contributed by atoms with van der Waals surface area (Å²) < 4.78 is 6.51. The van der Waals surface area contributed by atoms with Crippen LogP contribution in [0.5, 0.6) is 0 Å². The zero-order valence-electron chi connectivity index (χ0n) is 11.4. The van der Waals surface area contributed by atoms with Crippen molar-refractivity contribution in [2.24, 2.45) is 5.92 Å². The van der Waals surface area contributed by atoms with Gasteiger partial charge in [-0.3, -0.25) is 0 Å². The number of hydrogen-bond donors (Lipinski definition) is 1. The summed E-state index contributed by atoms with van der Waals surface area (Å²) in [6.45, 7) is 6.55. The van der Waals surface area contributed by atoms with Crippen molar-refractivity contribution in [3.8, 4) is 0 Å². The van der Waals surface area contributed by atoms with Crippen molar-refractivity contribution >= 4 is 11.3 Å². The molecule has 3 rings (SSSR count). The Morgan fingerprint density at radius 1 is 1.33 bits per heavy atom. The van der Waals surface area contributed by atoms with Gasteiger partial charge in [-0.15, -0.1) is 11.3 Å². The highest BCUT2D eigenvalue weighted by atomic mass is 32.1. The fraction of sp³-hybridized carbons (Fsp3) is 0.733. The van der Waals surface area contributed by atoms with E-state index in [1.165, 1.54) is 35.4 Å². The normalized spacial score (nSPS) is 37.0. The van der Waals surface area contributed by atoms with Gasteiger partial charge < -0.3 is 10.1 Å². The van der Waals surface area contributed by atoms with Crippen LogP contribution >= 0.6 is 11.3 Å². The van der Waals surface area contributed by atoms with E-state index in [0.29, 0.717) is 0 Å². The van der Waals surface area contributed by atoms with Crippen LogP contribution < -0.4 is 5.32 Å². The molecule has 2 aliphatic rings. The van der Waals surface area contributed by atoms with Gasteiger partial charge >= 0.3 is 0 Å². The van der Waals surface area contributed by atoms with Crippen molar-refractivity contribution in [1.29, 1.82) is 0 Å². The molecule has 1 aromatic rings. The molecule has 1 N–H and O–H groups in total. The maximum Gasteiger partial charge on any atom is 0.105 e. The molecular formula is C15H23NOS. The predicted molar refractivity (Wildman–Crippen MR) is 76.1 cm³/mol. The van der Waals surface area contributed by atoms with Gasteiger partial charge in [-0.1, -0.05) is 6.92 Å². The molecule has 1 saturated heterocycles. The minimum absolute atomic E-state index is 0.118. The first kappa shape index (κ1) is 12.6. The van der Waals surface area contributed by atoms with Crippen LogP contribution in [0, 0.1) is 12.8 Å². The topological polar surface area (TPSA) is 21.3 Å². The van der Waals surface area contributed by atoms with Gasteiger partial charge in [0.25, 0.3) is 0 Å². The van der Waals surface area contributed by atoms with E-state index >= 15 is 0 Å². The Bertz CT molecular complexity index is 406. The summed E-state index contributed by atoms with van der Waals surface area (Å²) in [4.78, 5) is 2.77. The van der Waals surface area contributed by atoms with E-state index in [1.807, 2.05) is 11.3 Å². The van der Waals surface area contributed by atoms with Crippen LogP contribution in [0.4, 0.5) is 0 Å². The summed E-state index contributed by atoms with van der Waals surface area (Å²) in [5.41, 5.74) is 0.118. The minimum atomic E-state index is 0.118. The van der Waals surface area contributed by atoms with E-state index in [9.17, 15) is 0 Å². The summed E-state index contributed by atoms with van der Waals surface area (Å²) in [6, 6.07) is 4.43. The van der Waals surface area contributed by atoms with E-state index in [4.69, 9.17) is 4.74 Å². The number of rotatable bonds is 1. The number of aryl methyl sites for hydroxylation is 1. The molecule has 2 heterocycles. The monoisotopic (exact) mass is 265 g/mol. The van der Waals surface area contributed by atoms with Crippen molar-refractivity contribution in [1.82, 2.24) is 5.32 Å². The molecule has 1 saturated carbocycles. The fourth-order valence-electron chi connectivity index (χ4n) is 3.18. The second-order valence-corrected chi connectivity index (χ2v) is 7.37. The Morgan fingerprint density at radius 3 is 2.78 bits per heavy atom. The maximum atomic E-state index is 6.51. The summed E-state index contributed by atoms with van der Waals surface area (Å²) in [6.07, 6.45) is 5.35. The summed E-state index contributed by atoms with van der Waals surface area (Å²) in [5, 5.41) is 3.60. The van der Waals surface area contributed by atoms with Gasteiger partial charge in [-0.2, -0.15) is 0 Å². The number of nitrogens with one attached hydrogen (secondary N) is 1. The molecular weight excluding hydrogens is 242 g/mol. The Hall–Kier alpha value is -0.380. The van der Waals surface area contributed by atoms with Crippen LogP contribution in [0.3, 0.4) is 0 Å². The highest BCUT2D eigenvalue weighted by Crippen LogP contribution is 2.40. The molecule has 1 aliphatic carbocycles. The molecule has 1 aromatic heterocycles. The van der Waals surface area contributed by atoms with Crippen molar-refractivity contribution in [2.45, 2.75) is 51.2 Å². The molecule has 1 spiro atoms. The first-order valence-corrected chi connectivity index (χ1v) is 7.93. The van der Waals surface area contributed by atoms with Crippen LogP contribution in [-0.4, -0.2) is 18.7 Å². The van der Waals surface area contributed by atoms with Crippen molar-refractivity contribution in [3.63, 3.8) is 0 Å². The summed E-state index contributed by atoms with van der Waals surface area (Å²) >= 11 is 1.88. The highest BCUT2D eigenvalue weighted by Gasteiger charge is 2.40. The molecule has 1 aliphatic heterocycles. The first-order valence-electron chi connectivity index (χ1n) is 7.12. The second kappa shape index (κ2) is 4.95. The lowest BCUT2D eigenvalue weighted by molar-refractivity contribution is -0.139. The van der Waals surface area contributed by atoms with E-state index in [1.54, 1.807) is 0 Å². The largest absolute Gasteiger partial charge is 0.364 e. The van der Waals surface area contributed by atoms with Gasteiger partial charge in [-0.05, 0) is 50.7 Å². The summed E-state index contributed by atoms with van der Waals surface area (Å²) in [5.74, 6) is 0.878. The van der Waals surface area contributed by atoms with Gasteiger partial charge in [0.1, 0.15) is 6.10 Å². The van der Waals surface area contributed by atoms with Crippen LogP contribution in [0.1, 0.15) is 48.5 Å². The minimum Gasteiger partial charge on any atom is -0.364 e. The third-order valence-corrected chi connectivity index (χ3v) is 5.53. The quantitative estimate of drug-likeness (QED) is 0.836. The molecule has 2 nitrogen and oxygen atoms in total. The van der Waals surface area contributed by atoms with Crippen molar-refractivity contribution in [2.75, 3.05) is 13.1 Å². The van der Waals surface area contributed by atoms with Crippen LogP contribution in [0.25, 0.3) is 0 Å². The van der Waals surface area contributed by atoms with Gasteiger partial charge in [0, 0.05) is 22.8 Å². The molecule has 2 fully saturated rings. The predicted octanol–water partition coefficient (Wildman–Crippen LogP) is 3.67. The van der Waals surface area contributed by atoms with Gasteiger partial charge in [0.2, 0.25) is 0 Å². The van der Waals surface area contributed by atoms with E-state index in [-0.39, 0.29) is 11.7 Å². The zero-order chi connectivity index (χ0) is 12.6. The lowest BCUT2D eigenvalue weighted by Gasteiger charge is -2.45. The average molecular weight is 265 g/mol. The zero-order valence-corrected chi connectivity index (χ0v) is 12.2. The van der Waals surface area contributed by atoms with Crippen LogP contribution in [-0.2, 0) is 4.74 Å². The lowest BCUT2D eigenvalue weighted by atomic mass is 9.78. The maximum absolute atomic E-state index is 6.51. The fourth-order valence-corrected chi connectivity index (χ4v) is 4.09. The molecule has 18 heavy (non-hydrogen) atoms. The lowest BCUT2D eigenvalue weighted by Crippen LogP contribution is -2.52. The Labute approximate surface area is 114 Å². The second-order valence-electron chi connectivity index (χ2n) is 6.05.